The minimum Gasteiger partial charge on any atom is -0.371 e. The molecule has 1 heterocycles. The number of para-hydroxylation sites is 1. The lowest BCUT2D eigenvalue weighted by molar-refractivity contribution is -0.121. The van der Waals surface area contributed by atoms with Crippen molar-refractivity contribution >= 4 is 23.2 Å². The molecule has 1 atom stereocenters. The van der Waals surface area contributed by atoms with Crippen LogP contribution in [0.5, 0.6) is 0 Å². The highest BCUT2D eigenvalue weighted by molar-refractivity contribution is 6.23. The Morgan fingerprint density at radius 3 is 2.57 bits per heavy atom. The van der Waals surface area contributed by atoms with E-state index >= 15 is 0 Å². The molecule has 4 nitrogen and oxygen atoms in total. The van der Waals surface area contributed by atoms with E-state index in [0.29, 0.717) is 5.69 Å². The lowest BCUT2D eigenvalue weighted by Crippen LogP contribution is -2.35. The maximum atomic E-state index is 13.7. The molecule has 23 heavy (non-hydrogen) atoms. The fraction of sp³-hybridized carbons (Fsp3) is 0.222. The van der Waals surface area contributed by atoms with Crippen molar-refractivity contribution in [3.05, 3.63) is 59.4 Å². The monoisotopic (exact) mass is 312 g/mol. The molecule has 0 aliphatic carbocycles. The molecule has 1 saturated heterocycles. The SMILES string of the molecule is Cc1cccc(N2C(=O)C[C@@H](Nc3ccccc3F)C2=O)c1C. The van der Waals surface area contributed by atoms with Gasteiger partial charge in [0.1, 0.15) is 11.9 Å². The first-order valence-electron chi connectivity index (χ1n) is 7.43. The molecule has 0 radical (unpaired) electrons. The molecule has 2 aromatic rings. The van der Waals surface area contributed by atoms with Gasteiger partial charge in [0.2, 0.25) is 5.91 Å². The van der Waals surface area contributed by atoms with Crippen LogP contribution in [0.4, 0.5) is 15.8 Å². The molecule has 2 amide bonds. The number of rotatable bonds is 3. The Morgan fingerprint density at radius 1 is 1.09 bits per heavy atom. The number of imide groups is 1. The Hall–Kier alpha value is -2.69. The quantitative estimate of drug-likeness (QED) is 0.886. The van der Waals surface area contributed by atoms with E-state index in [1.54, 1.807) is 24.3 Å². The summed E-state index contributed by atoms with van der Waals surface area (Å²) in [5.74, 6) is -1.08. The maximum absolute atomic E-state index is 13.7. The van der Waals surface area contributed by atoms with E-state index in [-0.39, 0.29) is 23.9 Å². The number of aryl methyl sites for hydroxylation is 1. The van der Waals surface area contributed by atoms with Crippen molar-refractivity contribution in [2.45, 2.75) is 26.3 Å². The number of benzene rings is 2. The van der Waals surface area contributed by atoms with Crippen molar-refractivity contribution in [1.82, 2.24) is 0 Å². The number of amides is 2. The lowest BCUT2D eigenvalue weighted by Gasteiger charge is -2.19. The number of nitrogens with zero attached hydrogens (tertiary/aromatic N) is 1. The van der Waals surface area contributed by atoms with Crippen LogP contribution in [0.15, 0.2) is 42.5 Å². The van der Waals surface area contributed by atoms with Crippen LogP contribution < -0.4 is 10.2 Å². The number of anilines is 2. The second kappa shape index (κ2) is 5.83. The van der Waals surface area contributed by atoms with Gasteiger partial charge >= 0.3 is 0 Å². The van der Waals surface area contributed by atoms with Crippen molar-refractivity contribution < 1.29 is 14.0 Å². The molecule has 0 aromatic heterocycles. The average Bonchev–Trinajstić information content (AvgIpc) is 2.79. The second-order valence-corrected chi connectivity index (χ2v) is 5.67. The molecule has 5 heteroatoms. The van der Waals surface area contributed by atoms with Crippen LogP contribution in [0.3, 0.4) is 0 Å². The summed E-state index contributed by atoms with van der Waals surface area (Å²) in [5, 5.41) is 2.84. The highest BCUT2D eigenvalue weighted by Crippen LogP contribution is 2.29. The zero-order valence-electron chi connectivity index (χ0n) is 13.0. The molecule has 118 valence electrons. The zero-order valence-corrected chi connectivity index (χ0v) is 13.0. The molecular formula is C18H17FN2O2. The summed E-state index contributed by atoms with van der Waals surface area (Å²) in [6.45, 7) is 3.81. The van der Waals surface area contributed by atoms with Crippen LogP contribution >= 0.6 is 0 Å². The topological polar surface area (TPSA) is 49.4 Å². The molecule has 1 aliphatic rings. The maximum Gasteiger partial charge on any atom is 0.256 e. The van der Waals surface area contributed by atoms with Gasteiger partial charge in [-0.1, -0.05) is 24.3 Å². The Balaban J connectivity index is 1.89. The molecular weight excluding hydrogens is 295 g/mol. The highest BCUT2D eigenvalue weighted by atomic mass is 19.1. The predicted octanol–water partition coefficient (Wildman–Crippen LogP) is 3.19. The van der Waals surface area contributed by atoms with Gasteiger partial charge < -0.3 is 5.32 Å². The van der Waals surface area contributed by atoms with E-state index in [1.807, 2.05) is 26.0 Å². The number of hydrogen-bond donors (Lipinski definition) is 1. The van der Waals surface area contributed by atoms with E-state index < -0.39 is 11.9 Å². The average molecular weight is 312 g/mol. The Labute approximate surface area is 133 Å². The van der Waals surface area contributed by atoms with Crippen molar-refractivity contribution in [3.63, 3.8) is 0 Å². The van der Waals surface area contributed by atoms with Crippen LogP contribution in [0.1, 0.15) is 17.5 Å². The molecule has 1 N–H and O–H groups in total. The number of hydrogen-bond acceptors (Lipinski definition) is 3. The summed E-state index contributed by atoms with van der Waals surface area (Å²) < 4.78 is 13.7. The zero-order chi connectivity index (χ0) is 16.6. The van der Waals surface area contributed by atoms with E-state index in [2.05, 4.69) is 5.32 Å². The molecule has 1 aliphatic heterocycles. The largest absolute Gasteiger partial charge is 0.371 e. The number of carbonyl (C=O) groups is 2. The fourth-order valence-corrected chi connectivity index (χ4v) is 2.74. The minimum atomic E-state index is -0.751. The summed E-state index contributed by atoms with van der Waals surface area (Å²) in [6, 6.07) is 10.9. The molecule has 1 fully saturated rings. The van der Waals surface area contributed by atoms with E-state index in [0.717, 1.165) is 11.1 Å². The number of halogens is 1. The van der Waals surface area contributed by atoms with E-state index in [1.165, 1.54) is 11.0 Å². The van der Waals surface area contributed by atoms with Gasteiger partial charge in [-0.3, -0.25) is 9.59 Å². The molecule has 0 saturated carbocycles. The lowest BCUT2D eigenvalue weighted by atomic mass is 10.1. The summed E-state index contributed by atoms with van der Waals surface area (Å²) in [5.41, 5.74) is 2.72. The second-order valence-electron chi connectivity index (χ2n) is 5.67. The third-order valence-corrected chi connectivity index (χ3v) is 4.17. The third-order valence-electron chi connectivity index (χ3n) is 4.17. The van der Waals surface area contributed by atoms with Gasteiger partial charge in [-0.2, -0.15) is 0 Å². The smallest absolute Gasteiger partial charge is 0.256 e. The summed E-state index contributed by atoms with van der Waals surface area (Å²) in [6.07, 6.45) is 0.0144. The Bertz CT molecular complexity index is 788. The van der Waals surface area contributed by atoms with Crippen LogP contribution in [0.25, 0.3) is 0 Å². The van der Waals surface area contributed by atoms with E-state index in [9.17, 15) is 14.0 Å². The molecule has 0 bridgehead atoms. The first-order chi connectivity index (χ1) is 11.0. The van der Waals surface area contributed by atoms with Crippen LogP contribution in [0, 0.1) is 19.7 Å². The number of carbonyl (C=O) groups excluding carboxylic acids is 2. The van der Waals surface area contributed by atoms with Crippen LogP contribution in [-0.4, -0.2) is 17.9 Å². The Kier molecular flexibility index (Phi) is 3.86. The van der Waals surface area contributed by atoms with E-state index in [4.69, 9.17) is 0 Å². The number of nitrogens with one attached hydrogen (secondary N) is 1. The summed E-state index contributed by atoms with van der Waals surface area (Å²) in [4.78, 5) is 26.1. The van der Waals surface area contributed by atoms with Crippen molar-refractivity contribution in [2.24, 2.45) is 0 Å². The summed E-state index contributed by atoms with van der Waals surface area (Å²) in [7, 11) is 0. The third kappa shape index (κ3) is 2.70. The van der Waals surface area contributed by atoms with Crippen molar-refractivity contribution in [1.29, 1.82) is 0 Å². The molecule has 2 aromatic carbocycles. The molecule has 3 rings (SSSR count). The van der Waals surface area contributed by atoms with Gasteiger partial charge in [0.15, 0.2) is 0 Å². The minimum absolute atomic E-state index is 0.0144. The van der Waals surface area contributed by atoms with Crippen molar-refractivity contribution in [2.75, 3.05) is 10.2 Å². The van der Waals surface area contributed by atoms with Gasteiger partial charge in [-0.15, -0.1) is 0 Å². The van der Waals surface area contributed by atoms with Gasteiger partial charge in [0.25, 0.3) is 5.91 Å². The van der Waals surface area contributed by atoms with Gasteiger partial charge in [-0.05, 0) is 43.2 Å². The molecule has 0 spiro atoms. The highest BCUT2D eigenvalue weighted by Gasteiger charge is 2.40. The van der Waals surface area contributed by atoms with Crippen LogP contribution in [-0.2, 0) is 9.59 Å². The van der Waals surface area contributed by atoms with Gasteiger partial charge in [0, 0.05) is 0 Å². The first kappa shape index (κ1) is 15.2. The predicted molar refractivity (Wildman–Crippen MR) is 86.8 cm³/mol. The first-order valence-corrected chi connectivity index (χ1v) is 7.43. The van der Waals surface area contributed by atoms with Gasteiger partial charge in [0.05, 0.1) is 17.8 Å². The fourth-order valence-electron chi connectivity index (χ4n) is 2.74. The normalized spacial score (nSPS) is 17.7. The van der Waals surface area contributed by atoms with Gasteiger partial charge in [-0.25, -0.2) is 9.29 Å². The Morgan fingerprint density at radius 2 is 1.83 bits per heavy atom. The summed E-state index contributed by atoms with van der Waals surface area (Å²) >= 11 is 0. The standard InChI is InChI=1S/C18H17FN2O2/c1-11-6-5-9-16(12(11)2)21-17(22)10-15(18(21)23)20-14-8-4-3-7-13(14)19/h3-9,15,20H,10H2,1-2H3/t15-/m1/s1. The van der Waals surface area contributed by atoms with Crippen LogP contribution in [0.2, 0.25) is 0 Å². The molecule has 0 unspecified atom stereocenters. The van der Waals surface area contributed by atoms with Crippen molar-refractivity contribution in [3.8, 4) is 0 Å².